The van der Waals surface area contributed by atoms with Crippen molar-refractivity contribution in [1.82, 2.24) is 10.2 Å². The van der Waals surface area contributed by atoms with E-state index in [4.69, 9.17) is 4.74 Å². The van der Waals surface area contributed by atoms with Crippen LogP contribution in [0.4, 0.5) is 0 Å². The SMILES string of the molecule is O=C(Cc1cccs1)NC1C(=O)N2C(C(=O)O)=C(C(=O)OC(c3ccccc3)c3ccccc3)CS[C@H]12. The van der Waals surface area contributed by atoms with Crippen LogP contribution in [0, 0.1) is 0 Å². The lowest BCUT2D eigenvalue weighted by Crippen LogP contribution is -2.70. The number of aliphatic carboxylic acids is 1. The van der Waals surface area contributed by atoms with E-state index in [2.05, 4.69) is 5.32 Å². The Morgan fingerprint density at radius 1 is 1.00 bits per heavy atom. The van der Waals surface area contributed by atoms with Crippen LogP contribution < -0.4 is 5.32 Å². The number of thioether (sulfide) groups is 1. The topological polar surface area (TPSA) is 113 Å². The number of rotatable bonds is 8. The molecule has 0 spiro atoms. The third-order valence-electron chi connectivity index (χ3n) is 6.08. The maximum Gasteiger partial charge on any atom is 0.353 e. The van der Waals surface area contributed by atoms with Crippen molar-refractivity contribution in [1.29, 1.82) is 0 Å². The summed E-state index contributed by atoms with van der Waals surface area (Å²) in [5.74, 6) is -3.06. The molecule has 2 atom stereocenters. The third-order valence-corrected chi connectivity index (χ3v) is 8.23. The highest BCUT2D eigenvalue weighted by Crippen LogP contribution is 2.41. The van der Waals surface area contributed by atoms with Gasteiger partial charge in [0.1, 0.15) is 17.1 Å². The molecule has 1 aromatic heterocycles. The Hall–Kier alpha value is -3.89. The van der Waals surface area contributed by atoms with Crippen LogP contribution in [-0.2, 0) is 30.3 Å². The number of nitrogens with zero attached hydrogens (tertiary/aromatic N) is 1. The van der Waals surface area contributed by atoms with Gasteiger partial charge in [0.05, 0.1) is 12.0 Å². The molecule has 2 aliphatic heterocycles. The Labute approximate surface area is 220 Å². The molecule has 37 heavy (non-hydrogen) atoms. The predicted molar refractivity (Wildman–Crippen MR) is 139 cm³/mol. The van der Waals surface area contributed by atoms with Crippen molar-refractivity contribution in [2.45, 2.75) is 23.9 Å². The Balaban J connectivity index is 1.36. The Kier molecular flexibility index (Phi) is 7.11. The number of carboxylic acids is 1. The summed E-state index contributed by atoms with van der Waals surface area (Å²) in [6, 6.07) is 21.1. The first-order valence-corrected chi connectivity index (χ1v) is 13.4. The van der Waals surface area contributed by atoms with Gasteiger partial charge in [0, 0.05) is 10.6 Å². The van der Waals surface area contributed by atoms with E-state index in [0.29, 0.717) is 0 Å². The monoisotopic (exact) mass is 534 g/mol. The van der Waals surface area contributed by atoms with Crippen molar-refractivity contribution >= 4 is 46.9 Å². The van der Waals surface area contributed by atoms with Crippen LogP contribution in [0.2, 0.25) is 0 Å². The highest BCUT2D eigenvalue weighted by Gasteiger charge is 2.55. The van der Waals surface area contributed by atoms with Gasteiger partial charge in [0.2, 0.25) is 5.91 Å². The first-order valence-electron chi connectivity index (χ1n) is 11.5. The molecule has 3 aromatic rings. The zero-order valence-electron chi connectivity index (χ0n) is 19.4. The van der Waals surface area contributed by atoms with Crippen LogP contribution in [0.5, 0.6) is 0 Å². The first-order chi connectivity index (χ1) is 17.9. The number of hydrogen-bond donors (Lipinski definition) is 2. The lowest BCUT2D eigenvalue weighted by Gasteiger charge is -2.49. The molecule has 2 amide bonds. The average molecular weight is 535 g/mol. The largest absolute Gasteiger partial charge is 0.477 e. The van der Waals surface area contributed by atoms with E-state index in [1.165, 1.54) is 23.1 Å². The smallest absolute Gasteiger partial charge is 0.353 e. The fourth-order valence-electron chi connectivity index (χ4n) is 4.33. The number of ether oxygens (including phenoxy) is 1. The minimum Gasteiger partial charge on any atom is -0.477 e. The second-order valence-corrected chi connectivity index (χ2v) is 10.6. The fraction of sp³-hybridized carbons (Fsp3) is 0.185. The molecule has 1 unspecified atom stereocenters. The molecule has 1 saturated heterocycles. The number of carboxylic acid groups (broad SMARTS) is 1. The van der Waals surface area contributed by atoms with Crippen molar-refractivity contribution < 1.29 is 29.0 Å². The number of benzene rings is 2. The maximum absolute atomic E-state index is 13.3. The molecule has 3 heterocycles. The van der Waals surface area contributed by atoms with Crippen LogP contribution in [0.25, 0.3) is 0 Å². The number of esters is 1. The molecule has 2 aromatic carbocycles. The van der Waals surface area contributed by atoms with Crippen molar-refractivity contribution in [2.24, 2.45) is 0 Å². The molecule has 8 nitrogen and oxygen atoms in total. The van der Waals surface area contributed by atoms with Crippen molar-refractivity contribution in [3.05, 3.63) is 105 Å². The minimum atomic E-state index is -1.40. The summed E-state index contributed by atoms with van der Waals surface area (Å²) >= 11 is 2.66. The Morgan fingerprint density at radius 3 is 2.22 bits per heavy atom. The first kappa shape index (κ1) is 24.8. The highest BCUT2D eigenvalue weighted by molar-refractivity contribution is 8.00. The van der Waals surface area contributed by atoms with Gasteiger partial charge in [-0.2, -0.15) is 0 Å². The third kappa shape index (κ3) is 5.03. The fourth-order valence-corrected chi connectivity index (χ4v) is 6.36. The zero-order valence-corrected chi connectivity index (χ0v) is 21.0. The second-order valence-electron chi connectivity index (χ2n) is 8.45. The molecular weight excluding hydrogens is 512 g/mol. The Morgan fingerprint density at radius 2 is 1.65 bits per heavy atom. The molecule has 5 rings (SSSR count). The van der Waals surface area contributed by atoms with Gasteiger partial charge in [-0.05, 0) is 22.6 Å². The zero-order chi connectivity index (χ0) is 25.9. The number of nitrogens with one attached hydrogen (secondary N) is 1. The van der Waals surface area contributed by atoms with Gasteiger partial charge >= 0.3 is 11.9 Å². The summed E-state index contributed by atoms with van der Waals surface area (Å²) in [4.78, 5) is 52.8. The van der Waals surface area contributed by atoms with Crippen LogP contribution in [0.1, 0.15) is 22.1 Å². The van der Waals surface area contributed by atoms with Crippen molar-refractivity contribution in [3.8, 4) is 0 Å². The van der Waals surface area contributed by atoms with E-state index < -0.39 is 41.1 Å². The highest BCUT2D eigenvalue weighted by atomic mass is 32.2. The molecule has 188 valence electrons. The standard InChI is InChI=1S/C27H22N2O6S2/c30-20(14-18-12-7-13-36-18)28-21-24(31)29-22(26(32)33)19(15-37-25(21)29)27(34)35-23(16-8-3-1-4-9-16)17-10-5-2-6-11-17/h1-13,21,23,25H,14-15H2,(H,28,30)(H,32,33)/t21?,25-/m1/s1. The van der Waals surface area contributed by atoms with Crippen LogP contribution >= 0.6 is 23.1 Å². The van der Waals surface area contributed by atoms with Crippen LogP contribution in [-0.4, -0.2) is 50.9 Å². The number of thiophene rings is 1. The predicted octanol–water partition coefficient (Wildman–Crippen LogP) is 3.36. The molecule has 0 saturated carbocycles. The van der Waals surface area contributed by atoms with Gasteiger partial charge in [0.25, 0.3) is 5.91 Å². The number of β-lactam (4-membered cyclic amide) rings is 1. The van der Waals surface area contributed by atoms with Crippen molar-refractivity contribution in [3.63, 3.8) is 0 Å². The summed E-state index contributed by atoms with van der Waals surface area (Å²) in [6.45, 7) is 0. The van der Waals surface area contributed by atoms with Crippen molar-refractivity contribution in [2.75, 3.05) is 5.75 Å². The van der Waals surface area contributed by atoms with Crippen LogP contribution in [0.15, 0.2) is 89.4 Å². The van der Waals surface area contributed by atoms with Crippen LogP contribution in [0.3, 0.4) is 0 Å². The average Bonchev–Trinajstić information content (AvgIpc) is 3.43. The number of carbonyl (C=O) groups is 4. The van der Waals surface area contributed by atoms with E-state index in [1.54, 1.807) is 0 Å². The van der Waals surface area contributed by atoms with Gasteiger partial charge in [-0.15, -0.1) is 23.1 Å². The molecule has 0 radical (unpaired) electrons. The summed E-state index contributed by atoms with van der Waals surface area (Å²) < 4.78 is 5.86. The van der Waals surface area contributed by atoms with Gasteiger partial charge in [-0.25, -0.2) is 9.59 Å². The maximum atomic E-state index is 13.3. The molecule has 1 fully saturated rings. The number of fused-ring (bicyclic) bond motifs is 1. The second kappa shape index (κ2) is 10.6. The molecule has 2 aliphatic rings. The van der Waals surface area contributed by atoms with E-state index in [1.807, 2.05) is 78.2 Å². The van der Waals surface area contributed by atoms with E-state index in [0.717, 1.165) is 20.9 Å². The summed E-state index contributed by atoms with van der Waals surface area (Å²) in [5, 5.41) is 13.9. The summed E-state index contributed by atoms with van der Waals surface area (Å²) in [5.41, 5.74) is 0.966. The molecule has 0 bridgehead atoms. The molecule has 10 heteroatoms. The summed E-state index contributed by atoms with van der Waals surface area (Å²) in [6.07, 6.45) is -0.616. The number of hydrogen-bond acceptors (Lipinski definition) is 7. The Bertz CT molecular complexity index is 1320. The lowest BCUT2D eigenvalue weighted by molar-refractivity contribution is -0.152. The molecule has 0 aliphatic carbocycles. The molecule has 2 N–H and O–H groups in total. The summed E-state index contributed by atoms with van der Waals surface area (Å²) in [7, 11) is 0. The van der Waals surface area contributed by atoms with Gasteiger partial charge in [0.15, 0.2) is 6.10 Å². The van der Waals surface area contributed by atoms with Gasteiger partial charge in [-0.1, -0.05) is 66.7 Å². The normalized spacial score (nSPS) is 18.7. The van der Waals surface area contributed by atoms with E-state index >= 15 is 0 Å². The molecular formula is C27H22N2O6S2. The van der Waals surface area contributed by atoms with E-state index in [9.17, 15) is 24.3 Å². The minimum absolute atomic E-state index is 0.0303. The van der Waals surface area contributed by atoms with Gasteiger partial charge < -0.3 is 15.2 Å². The van der Waals surface area contributed by atoms with E-state index in [-0.39, 0.29) is 23.7 Å². The number of amides is 2. The quantitative estimate of drug-likeness (QED) is 0.337. The van der Waals surface area contributed by atoms with Gasteiger partial charge in [-0.3, -0.25) is 14.5 Å². The number of carbonyl (C=O) groups excluding carboxylic acids is 3. The lowest BCUT2D eigenvalue weighted by atomic mass is 10.0.